The van der Waals surface area contributed by atoms with Crippen LogP contribution in [0.4, 0.5) is 23.1 Å². The number of hydrogen-bond donors (Lipinski definition) is 4. The van der Waals surface area contributed by atoms with Crippen molar-refractivity contribution in [1.82, 2.24) is 15.1 Å². The summed E-state index contributed by atoms with van der Waals surface area (Å²) in [4.78, 5) is 42.3. The molecule has 2 aliphatic heterocycles. The Bertz CT molecular complexity index is 1340. The maximum atomic E-state index is 13.3. The van der Waals surface area contributed by atoms with Gasteiger partial charge in [0.2, 0.25) is 11.8 Å². The molecule has 1 unspecified atom stereocenters. The van der Waals surface area contributed by atoms with Crippen LogP contribution in [-0.2, 0) is 10.2 Å². The van der Waals surface area contributed by atoms with Crippen molar-refractivity contribution in [3.63, 3.8) is 0 Å². The van der Waals surface area contributed by atoms with Crippen LogP contribution in [-0.4, -0.2) is 26.0 Å². The second-order valence-electron chi connectivity index (χ2n) is 6.45. The maximum Gasteiger partial charge on any atom is 0.269 e. The molecule has 1 aromatic carbocycles. The molecule has 140 valence electrons. The van der Waals surface area contributed by atoms with Gasteiger partial charge in [0.1, 0.15) is 11.2 Å². The van der Waals surface area contributed by atoms with E-state index < -0.39 is 21.8 Å². The van der Waals surface area contributed by atoms with Crippen LogP contribution in [0.3, 0.4) is 0 Å². The summed E-state index contributed by atoms with van der Waals surface area (Å²) >= 11 is 5.03. The van der Waals surface area contributed by atoms with Crippen LogP contribution < -0.4 is 16.2 Å². The maximum absolute atomic E-state index is 13.3. The fourth-order valence-corrected chi connectivity index (χ4v) is 4.17. The first-order chi connectivity index (χ1) is 13.3. The van der Waals surface area contributed by atoms with E-state index in [0.717, 1.165) is 0 Å². The van der Waals surface area contributed by atoms with E-state index in [1.165, 1.54) is 18.2 Å². The highest BCUT2D eigenvalue weighted by Gasteiger charge is 2.58. The molecule has 11 nitrogen and oxygen atoms in total. The van der Waals surface area contributed by atoms with E-state index in [1.54, 1.807) is 6.92 Å². The van der Waals surface area contributed by atoms with Gasteiger partial charge < -0.3 is 20.1 Å². The number of carbonyl (C=O) groups is 1. The molecule has 0 aliphatic carbocycles. The first-order valence-corrected chi connectivity index (χ1v) is 8.46. The zero-order chi connectivity index (χ0) is 19.8. The number of carbonyl (C=O) groups excluding carboxylic acids is 1. The van der Waals surface area contributed by atoms with Gasteiger partial charge in [-0.25, -0.2) is 0 Å². The van der Waals surface area contributed by atoms with Crippen molar-refractivity contribution in [2.45, 2.75) is 12.3 Å². The third kappa shape index (κ3) is 1.81. The van der Waals surface area contributed by atoms with E-state index in [1.807, 2.05) is 0 Å². The lowest BCUT2D eigenvalue weighted by molar-refractivity contribution is -0.384. The number of aryl methyl sites for hydroxylation is 1. The number of benzene rings is 1. The van der Waals surface area contributed by atoms with Crippen LogP contribution in [0, 0.1) is 21.8 Å². The minimum absolute atomic E-state index is 0.0247. The molecule has 1 atom stereocenters. The second kappa shape index (κ2) is 5.13. The Balaban J connectivity index is 1.99. The third-order valence-corrected chi connectivity index (χ3v) is 5.20. The van der Waals surface area contributed by atoms with E-state index in [-0.39, 0.29) is 33.3 Å². The lowest BCUT2D eigenvalue weighted by Crippen LogP contribution is -2.45. The average molecular weight is 398 g/mol. The van der Waals surface area contributed by atoms with Gasteiger partial charge in [0.05, 0.1) is 21.7 Å². The zero-order valence-electron chi connectivity index (χ0n) is 14.1. The van der Waals surface area contributed by atoms with Crippen molar-refractivity contribution in [2.24, 2.45) is 0 Å². The predicted octanol–water partition coefficient (Wildman–Crippen LogP) is 1.98. The number of nitro benzene ring substituents is 1. The van der Waals surface area contributed by atoms with E-state index in [0.29, 0.717) is 16.9 Å². The fourth-order valence-electron chi connectivity index (χ4n) is 3.97. The summed E-state index contributed by atoms with van der Waals surface area (Å²) in [6, 6.07) is 3.99. The Hall–Kier alpha value is -3.80. The van der Waals surface area contributed by atoms with Crippen molar-refractivity contribution in [3.8, 4) is 0 Å². The van der Waals surface area contributed by atoms with Gasteiger partial charge in [0, 0.05) is 23.4 Å². The van der Waals surface area contributed by atoms with Gasteiger partial charge in [-0.15, -0.1) is 0 Å². The smallest absolute Gasteiger partial charge is 0.269 e. The average Bonchev–Trinajstić information content (AvgIpc) is 3.13. The van der Waals surface area contributed by atoms with Crippen LogP contribution in [0.2, 0.25) is 0 Å². The van der Waals surface area contributed by atoms with Crippen molar-refractivity contribution >= 4 is 41.2 Å². The van der Waals surface area contributed by atoms with Crippen molar-refractivity contribution < 1.29 is 14.2 Å². The largest absolute Gasteiger partial charge is 0.338 e. The first kappa shape index (κ1) is 16.4. The van der Waals surface area contributed by atoms with Gasteiger partial charge >= 0.3 is 0 Å². The highest BCUT2D eigenvalue weighted by molar-refractivity contribution is 7.71. The highest BCUT2D eigenvalue weighted by atomic mass is 32.1. The number of hydrogen-bond acceptors (Lipinski definition) is 8. The zero-order valence-corrected chi connectivity index (χ0v) is 14.9. The Morgan fingerprint density at radius 3 is 2.75 bits per heavy atom. The summed E-state index contributed by atoms with van der Waals surface area (Å²) in [6.07, 6.45) is 0. The molecule has 0 saturated heterocycles. The molecule has 2 aromatic heterocycles. The number of amides is 1. The summed E-state index contributed by atoms with van der Waals surface area (Å²) in [5, 5.41) is 20.9. The summed E-state index contributed by atoms with van der Waals surface area (Å²) in [5.74, 6) is -0.239. The predicted molar refractivity (Wildman–Crippen MR) is 98.4 cm³/mol. The number of fused-ring (bicyclic) bond motifs is 6. The molecule has 0 fully saturated rings. The van der Waals surface area contributed by atoms with E-state index in [4.69, 9.17) is 16.7 Å². The minimum Gasteiger partial charge on any atom is -0.338 e. The lowest BCUT2D eigenvalue weighted by Gasteiger charge is -2.32. The molecule has 0 radical (unpaired) electrons. The molecular weight excluding hydrogens is 388 g/mol. The molecule has 4 N–H and O–H groups in total. The van der Waals surface area contributed by atoms with Crippen LogP contribution in [0.1, 0.15) is 22.4 Å². The fraction of sp³-hybridized carbons (Fsp3) is 0.125. The molecule has 12 heteroatoms. The Kier molecular flexibility index (Phi) is 3.00. The van der Waals surface area contributed by atoms with E-state index in [9.17, 15) is 19.7 Å². The lowest BCUT2D eigenvalue weighted by atomic mass is 9.69. The Morgan fingerprint density at radius 2 is 2.00 bits per heavy atom. The molecule has 0 bridgehead atoms. The second-order valence-corrected chi connectivity index (χ2v) is 6.85. The third-order valence-electron chi connectivity index (χ3n) is 5.00. The SMILES string of the molecule is Cc1noc2c1C1(C(=O)Nc3ccc([N+](=O)[O-])cc31)c1c([nH]c(=S)[nH]c1=O)N2. The summed E-state index contributed by atoms with van der Waals surface area (Å²) in [6.45, 7) is 1.62. The number of nitrogens with one attached hydrogen (secondary N) is 4. The van der Waals surface area contributed by atoms with E-state index >= 15 is 0 Å². The molecular formula is C16H10N6O5S. The minimum atomic E-state index is -1.69. The summed E-state index contributed by atoms with van der Waals surface area (Å²) < 4.78 is 5.36. The van der Waals surface area contributed by atoms with E-state index in [2.05, 4.69) is 25.8 Å². The number of non-ortho nitro benzene ring substituents is 1. The molecule has 28 heavy (non-hydrogen) atoms. The molecule has 2 aliphatic rings. The van der Waals surface area contributed by atoms with Gasteiger partial charge in [-0.2, -0.15) is 0 Å². The molecule has 5 rings (SSSR count). The Labute approximate surface area is 159 Å². The van der Waals surface area contributed by atoms with Crippen LogP contribution in [0.15, 0.2) is 27.5 Å². The Morgan fingerprint density at radius 1 is 1.21 bits per heavy atom. The number of aromatic amines is 2. The number of nitro groups is 1. The number of H-pyrrole nitrogens is 2. The van der Waals surface area contributed by atoms with Gasteiger partial charge in [0.15, 0.2) is 4.77 Å². The van der Waals surface area contributed by atoms with Crippen LogP contribution in [0.5, 0.6) is 0 Å². The monoisotopic (exact) mass is 398 g/mol. The van der Waals surface area contributed by atoms with Crippen LogP contribution in [0.25, 0.3) is 0 Å². The van der Waals surface area contributed by atoms with Gasteiger partial charge in [-0.1, -0.05) is 5.16 Å². The topological polar surface area (TPSA) is 159 Å². The summed E-state index contributed by atoms with van der Waals surface area (Å²) in [5.41, 5.74) is -1.18. The number of nitrogens with zero attached hydrogens (tertiary/aromatic N) is 2. The molecule has 1 spiro atoms. The number of rotatable bonds is 1. The molecule has 0 saturated carbocycles. The molecule has 3 aromatic rings. The molecule has 1 amide bonds. The van der Waals surface area contributed by atoms with Crippen molar-refractivity contribution in [2.75, 3.05) is 10.6 Å². The van der Waals surface area contributed by atoms with Crippen molar-refractivity contribution in [3.05, 3.63) is 65.8 Å². The van der Waals surface area contributed by atoms with Gasteiger partial charge in [-0.05, 0) is 25.2 Å². The standard InChI is InChI=1S/C16H10N6O5S/c1-5-9-13(27-21-5)18-11-10(12(23)20-15(28)19-11)16(9)7-4-6(22(25)26)2-3-8(7)17-14(16)24/h2-4H,1H3,(H,17,24)(H3,18,19,20,23,28). The highest BCUT2D eigenvalue weighted by Crippen LogP contribution is 2.54. The van der Waals surface area contributed by atoms with Crippen LogP contribution >= 0.6 is 12.2 Å². The normalized spacial score (nSPS) is 18.8. The number of anilines is 3. The first-order valence-electron chi connectivity index (χ1n) is 8.05. The quantitative estimate of drug-likeness (QED) is 0.275. The van der Waals surface area contributed by atoms with Crippen molar-refractivity contribution in [1.29, 1.82) is 0 Å². The molecule has 4 heterocycles. The summed E-state index contributed by atoms with van der Waals surface area (Å²) in [7, 11) is 0. The van der Waals surface area contributed by atoms with Gasteiger partial charge in [0.25, 0.3) is 11.2 Å². The van der Waals surface area contributed by atoms with Gasteiger partial charge in [-0.3, -0.25) is 24.7 Å². The number of aromatic nitrogens is 3.